The molecule has 4 rings (SSSR count). The van der Waals surface area contributed by atoms with Gasteiger partial charge in [0.25, 0.3) is 0 Å². The van der Waals surface area contributed by atoms with Crippen LogP contribution in [0.15, 0.2) is 48.7 Å². The number of rotatable bonds is 8. The van der Waals surface area contributed by atoms with E-state index in [-0.39, 0.29) is 18.9 Å². The van der Waals surface area contributed by atoms with Gasteiger partial charge in [-0.1, -0.05) is 18.2 Å². The van der Waals surface area contributed by atoms with Crippen LogP contribution >= 0.6 is 0 Å². The molecule has 0 amide bonds. The number of nitrogens with zero attached hydrogens (tertiary/aromatic N) is 4. The Hall–Kier alpha value is -3.47. The van der Waals surface area contributed by atoms with Crippen LogP contribution in [-0.2, 0) is 0 Å². The van der Waals surface area contributed by atoms with Crippen molar-refractivity contribution in [1.29, 1.82) is 0 Å². The van der Waals surface area contributed by atoms with Gasteiger partial charge >= 0.3 is 6.18 Å². The van der Waals surface area contributed by atoms with E-state index in [9.17, 15) is 17.6 Å². The van der Waals surface area contributed by atoms with Crippen LogP contribution in [0.2, 0.25) is 0 Å². The Balaban J connectivity index is 1.83. The second-order valence-electron chi connectivity index (χ2n) is 8.03. The number of aromatic nitrogens is 4. The summed E-state index contributed by atoms with van der Waals surface area (Å²) < 4.78 is 59.0. The quantitative estimate of drug-likeness (QED) is 0.365. The van der Waals surface area contributed by atoms with Crippen molar-refractivity contribution >= 4 is 17.0 Å². The molecule has 3 aromatic heterocycles. The van der Waals surface area contributed by atoms with E-state index in [0.717, 1.165) is 0 Å². The molecule has 2 N–H and O–H groups in total. The van der Waals surface area contributed by atoms with Crippen molar-refractivity contribution in [3.63, 3.8) is 0 Å². The van der Waals surface area contributed by atoms with Crippen LogP contribution in [0.3, 0.4) is 0 Å². The first kappa shape index (κ1) is 23.7. The summed E-state index contributed by atoms with van der Waals surface area (Å²) in [7, 11) is 0. The van der Waals surface area contributed by atoms with Gasteiger partial charge in [0.2, 0.25) is 11.8 Å². The number of aliphatic hydroxyl groups excluding tert-OH is 1. The van der Waals surface area contributed by atoms with Crippen molar-refractivity contribution in [2.45, 2.75) is 31.6 Å². The number of halogens is 4. The molecule has 1 aliphatic rings. The van der Waals surface area contributed by atoms with E-state index in [1.807, 2.05) is 0 Å². The summed E-state index contributed by atoms with van der Waals surface area (Å²) in [5, 5.41) is 16.5. The van der Waals surface area contributed by atoms with Crippen LogP contribution < -0.4 is 10.1 Å². The fourth-order valence-electron chi connectivity index (χ4n) is 3.51. The fourth-order valence-corrected chi connectivity index (χ4v) is 3.51. The lowest BCUT2D eigenvalue weighted by Gasteiger charge is -2.18. The van der Waals surface area contributed by atoms with Crippen LogP contribution in [0, 0.1) is 0 Å². The zero-order valence-corrected chi connectivity index (χ0v) is 18.3. The molecule has 3 aromatic rings. The number of pyridine rings is 1. The largest absolute Gasteiger partial charge is 0.468 e. The zero-order chi connectivity index (χ0) is 24.3. The van der Waals surface area contributed by atoms with Gasteiger partial charge in [-0.3, -0.25) is 0 Å². The zero-order valence-electron chi connectivity index (χ0n) is 18.3. The van der Waals surface area contributed by atoms with E-state index in [2.05, 4.69) is 20.4 Å². The topological polar surface area (TPSA) is 84.6 Å². The molecule has 0 aliphatic heterocycles. The smallest absolute Gasteiger partial charge is 0.422 e. The maximum atomic E-state index is 14.3. The first-order valence-electron chi connectivity index (χ1n) is 10.6. The van der Waals surface area contributed by atoms with Gasteiger partial charge in [-0.2, -0.15) is 22.8 Å². The Labute approximate surface area is 192 Å². The van der Waals surface area contributed by atoms with E-state index in [1.165, 1.54) is 23.6 Å². The van der Waals surface area contributed by atoms with E-state index in [4.69, 9.17) is 9.84 Å². The molecule has 0 spiro atoms. The number of nitrogens with one attached hydrogen (secondary N) is 1. The van der Waals surface area contributed by atoms with E-state index in [1.54, 1.807) is 36.5 Å². The molecule has 0 saturated heterocycles. The molecule has 0 fully saturated rings. The van der Waals surface area contributed by atoms with E-state index < -0.39 is 18.5 Å². The highest BCUT2D eigenvalue weighted by atomic mass is 19.4. The molecule has 1 unspecified atom stereocenters. The lowest BCUT2D eigenvalue weighted by molar-refractivity contribution is -0.154. The maximum Gasteiger partial charge on any atom is 0.422 e. The number of fused-ring (bicyclic) bond motifs is 1. The number of alkyl halides is 4. The molecule has 1 atom stereocenters. The second-order valence-corrected chi connectivity index (χ2v) is 8.03. The third-order valence-corrected chi connectivity index (χ3v) is 5.14. The Morgan fingerprint density at radius 3 is 2.79 bits per heavy atom. The first-order chi connectivity index (χ1) is 16.2. The Bertz CT molecular complexity index is 1230. The van der Waals surface area contributed by atoms with Crippen LogP contribution in [0.1, 0.15) is 25.5 Å². The van der Waals surface area contributed by atoms with Crippen molar-refractivity contribution in [2.24, 2.45) is 0 Å². The Morgan fingerprint density at radius 1 is 1.26 bits per heavy atom. The minimum absolute atomic E-state index is 0.0135. The Kier molecular flexibility index (Phi) is 6.56. The summed E-state index contributed by atoms with van der Waals surface area (Å²) in [6.07, 6.45) is 2.40. The van der Waals surface area contributed by atoms with Gasteiger partial charge in [-0.15, -0.1) is 0 Å². The van der Waals surface area contributed by atoms with Crippen molar-refractivity contribution in [2.75, 3.05) is 25.1 Å². The van der Waals surface area contributed by atoms with E-state index in [0.29, 0.717) is 47.0 Å². The lowest BCUT2D eigenvalue weighted by Crippen LogP contribution is -2.20. The lowest BCUT2D eigenvalue weighted by atomic mass is 9.92. The van der Waals surface area contributed by atoms with Crippen molar-refractivity contribution in [3.05, 3.63) is 54.4 Å². The SMILES string of the molecule is CC1(F)C=CC(c2nn3c(OCC(F)(F)F)cccc3c2-c2ccnc(NCCCO)n2)=CC1. The summed E-state index contributed by atoms with van der Waals surface area (Å²) >= 11 is 0. The van der Waals surface area contributed by atoms with Crippen LogP contribution in [0.5, 0.6) is 5.88 Å². The summed E-state index contributed by atoms with van der Waals surface area (Å²) in [5.74, 6) is 0.235. The average molecular weight is 477 g/mol. The van der Waals surface area contributed by atoms with Crippen molar-refractivity contribution in [1.82, 2.24) is 19.6 Å². The highest BCUT2D eigenvalue weighted by Gasteiger charge is 2.30. The van der Waals surface area contributed by atoms with Gasteiger partial charge in [0, 0.05) is 31.8 Å². The average Bonchev–Trinajstić information content (AvgIpc) is 3.17. The van der Waals surface area contributed by atoms with Gasteiger partial charge in [0.15, 0.2) is 6.61 Å². The summed E-state index contributed by atoms with van der Waals surface area (Å²) in [5.41, 5.74) is 1.03. The molecule has 3 heterocycles. The molecular formula is C23H23F4N5O2. The van der Waals surface area contributed by atoms with Gasteiger partial charge in [0.1, 0.15) is 11.4 Å². The first-order valence-corrected chi connectivity index (χ1v) is 10.6. The monoisotopic (exact) mass is 477 g/mol. The number of allylic oxidation sites excluding steroid dienone is 4. The van der Waals surface area contributed by atoms with Gasteiger partial charge in [-0.25, -0.2) is 14.4 Å². The molecule has 1 aliphatic carbocycles. The molecule has 0 bridgehead atoms. The molecular weight excluding hydrogens is 454 g/mol. The summed E-state index contributed by atoms with van der Waals surface area (Å²) in [6.45, 7) is 0.463. The molecule has 180 valence electrons. The van der Waals surface area contributed by atoms with E-state index >= 15 is 0 Å². The molecule has 7 nitrogen and oxygen atoms in total. The van der Waals surface area contributed by atoms with Crippen molar-refractivity contribution in [3.8, 4) is 17.1 Å². The minimum Gasteiger partial charge on any atom is -0.468 e. The molecule has 0 aromatic carbocycles. The standard InChI is InChI=1S/C23H23F4N5O2/c1-22(24)9-6-15(7-10-22)20-19(16-8-12-29-21(30-16)28-11-3-13-33)17-4-2-5-18(32(17)31-20)34-14-23(25,26)27/h2,4-9,12,33H,3,10-11,13-14H2,1H3,(H,28,29,30). The summed E-state index contributed by atoms with van der Waals surface area (Å²) in [4.78, 5) is 8.71. The second kappa shape index (κ2) is 9.41. The minimum atomic E-state index is -4.51. The summed E-state index contributed by atoms with van der Waals surface area (Å²) in [6, 6.07) is 6.32. The van der Waals surface area contributed by atoms with Crippen molar-refractivity contribution < 1.29 is 27.4 Å². The third-order valence-electron chi connectivity index (χ3n) is 5.14. The highest BCUT2D eigenvalue weighted by Crippen LogP contribution is 2.37. The molecule has 34 heavy (non-hydrogen) atoms. The fraction of sp³-hybridized carbons (Fsp3) is 0.348. The number of ether oxygens (including phenoxy) is 1. The third kappa shape index (κ3) is 5.36. The predicted molar refractivity (Wildman–Crippen MR) is 119 cm³/mol. The van der Waals surface area contributed by atoms with Gasteiger partial charge in [-0.05, 0) is 37.1 Å². The Morgan fingerprint density at radius 2 is 2.09 bits per heavy atom. The number of hydrogen-bond acceptors (Lipinski definition) is 6. The van der Waals surface area contributed by atoms with Crippen LogP contribution in [-0.4, -0.2) is 56.3 Å². The predicted octanol–water partition coefficient (Wildman–Crippen LogP) is 4.60. The number of anilines is 1. The molecule has 0 saturated carbocycles. The number of aliphatic hydroxyl groups is 1. The van der Waals surface area contributed by atoms with Crippen LogP contribution in [0.4, 0.5) is 23.5 Å². The van der Waals surface area contributed by atoms with Crippen LogP contribution in [0.25, 0.3) is 22.3 Å². The number of hydrogen-bond donors (Lipinski definition) is 2. The highest BCUT2D eigenvalue weighted by molar-refractivity contribution is 5.92. The normalized spacial score (nSPS) is 18.2. The van der Waals surface area contributed by atoms with Gasteiger partial charge < -0.3 is 15.2 Å². The molecule has 0 radical (unpaired) electrons. The maximum absolute atomic E-state index is 14.3. The molecule has 11 heteroatoms. The van der Waals surface area contributed by atoms with Gasteiger partial charge in [0.05, 0.1) is 16.8 Å².